The van der Waals surface area contributed by atoms with Gasteiger partial charge >= 0.3 is 0 Å². The summed E-state index contributed by atoms with van der Waals surface area (Å²) in [6, 6.07) is 3.51. The van der Waals surface area contributed by atoms with Crippen LogP contribution in [0.5, 0.6) is 0 Å². The number of ether oxygens (including phenoxy) is 1. The molecule has 0 atom stereocenters. The van der Waals surface area contributed by atoms with Crippen molar-refractivity contribution in [1.82, 2.24) is 15.2 Å². The van der Waals surface area contributed by atoms with E-state index in [4.69, 9.17) is 9.15 Å². The molecule has 1 aliphatic carbocycles. The van der Waals surface area contributed by atoms with Gasteiger partial charge in [0.05, 0.1) is 19.4 Å². The lowest BCUT2D eigenvalue weighted by atomic mass is 9.96. The lowest BCUT2D eigenvalue weighted by molar-refractivity contribution is 0.0928. The van der Waals surface area contributed by atoms with Crippen molar-refractivity contribution in [3.63, 3.8) is 0 Å². The van der Waals surface area contributed by atoms with Crippen LogP contribution in [0.25, 0.3) is 0 Å². The van der Waals surface area contributed by atoms with Gasteiger partial charge in [0.1, 0.15) is 16.9 Å². The Balaban J connectivity index is 1.80. The zero-order chi connectivity index (χ0) is 22.1. The Morgan fingerprint density at radius 1 is 1.10 bits per heavy atom. The normalized spacial score (nSPS) is 15.1. The van der Waals surface area contributed by atoms with Gasteiger partial charge in [0, 0.05) is 32.1 Å². The third-order valence-corrected chi connectivity index (χ3v) is 5.57. The van der Waals surface area contributed by atoms with Crippen molar-refractivity contribution in [2.24, 2.45) is 0 Å². The largest absolute Gasteiger partial charge is 0.467 e. The lowest BCUT2D eigenvalue weighted by Gasteiger charge is -2.21. The minimum atomic E-state index is -0.575. The van der Waals surface area contributed by atoms with E-state index in [-0.39, 0.29) is 23.7 Å². The van der Waals surface area contributed by atoms with Gasteiger partial charge in [0.25, 0.3) is 11.8 Å². The first kappa shape index (κ1) is 22.8. The number of amides is 2. The van der Waals surface area contributed by atoms with Crippen molar-refractivity contribution in [1.29, 1.82) is 0 Å². The highest BCUT2D eigenvalue weighted by Gasteiger charge is 2.22. The molecule has 31 heavy (non-hydrogen) atoms. The zero-order valence-electron chi connectivity index (χ0n) is 18.0. The molecule has 1 saturated carbocycles. The highest BCUT2D eigenvalue weighted by molar-refractivity contribution is 5.99. The summed E-state index contributed by atoms with van der Waals surface area (Å²) in [5.74, 6) is -0.401. The number of methoxy groups -OCH3 is 1. The molecule has 2 aromatic heterocycles. The highest BCUT2D eigenvalue weighted by atomic mass is 16.5. The topological polar surface area (TPSA) is 103 Å². The van der Waals surface area contributed by atoms with Gasteiger partial charge in [-0.15, -0.1) is 0 Å². The summed E-state index contributed by atoms with van der Waals surface area (Å²) in [4.78, 5) is 38.7. The van der Waals surface area contributed by atoms with Gasteiger partial charge in [-0.05, 0) is 25.0 Å². The zero-order valence-corrected chi connectivity index (χ0v) is 18.0. The minimum absolute atomic E-state index is 0.0242. The van der Waals surface area contributed by atoms with Crippen LogP contribution in [0.4, 0.5) is 0 Å². The number of furan rings is 1. The SMILES string of the molecule is COCCn1cc(C(=O)NCc2ccco2)c(=O)c(C(=O)NC2CCCCCCC2)c1. The van der Waals surface area contributed by atoms with E-state index in [1.54, 1.807) is 23.8 Å². The standard InChI is InChI=1S/C23H31N3O5/c1-30-13-11-26-15-19(22(28)24-14-18-10-7-12-31-18)21(27)20(16-26)23(29)25-17-8-5-3-2-4-6-9-17/h7,10,12,15-17H,2-6,8-9,11,13-14H2,1H3,(H,24,28)(H,25,29). The Labute approximate surface area is 182 Å². The molecule has 1 aliphatic rings. The van der Waals surface area contributed by atoms with Gasteiger partial charge in [-0.1, -0.05) is 32.1 Å². The average Bonchev–Trinajstić information content (AvgIpc) is 3.26. The second-order valence-corrected chi connectivity index (χ2v) is 7.92. The van der Waals surface area contributed by atoms with Crippen LogP contribution in [0.15, 0.2) is 40.0 Å². The van der Waals surface area contributed by atoms with Crippen LogP contribution < -0.4 is 16.1 Å². The van der Waals surface area contributed by atoms with Crippen LogP contribution in [-0.4, -0.2) is 36.1 Å². The molecule has 0 spiro atoms. The summed E-state index contributed by atoms with van der Waals surface area (Å²) >= 11 is 0. The number of rotatable bonds is 8. The van der Waals surface area contributed by atoms with Crippen molar-refractivity contribution in [3.05, 3.63) is 57.9 Å². The van der Waals surface area contributed by atoms with Gasteiger partial charge in [-0.3, -0.25) is 14.4 Å². The summed E-state index contributed by atoms with van der Waals surface area (Å²) in [5.41, 5.74) is -0.675. The molecule has 0 saturated heterocycles. The molecule has 0 aliphatic heterocycles. The van der Waals surface area contributed by atoms with Crippen molar-refractivity contribution in [2.75, 3.05) is 13.7 Å². The first-order valence-electron chi connectivity index (χ1n) is 10.9. The number of nitrogens with zero attached hydrogens (tertiary/aromatic N) is 1. The number of carbonyl (C=O) groups is 2. The quantitative estimate of drug-likeness (QED) is 0.672. The monoisotopic (exact) mass is 429 g/mol. The smallest absolute Gasteiger partial charge is 0.257 e. The van der Waals surface area contributed by atoms with E-state index in [0.717, 1.165) is 25.7 Å². The Kier molecular flexibility index (Phi) is 8.46. The molecule has 8 heteroatoms. The van der Waals surface area contributed by atoms with Crippen LogP contribution in [0.3, 0.4) is 0 Å². The van der Waals surface area contributed by atoms with Gasteiger partial charge in [-0.25, -0.2) is 0 Å². The third-order valence-electron chi connectivity index (χ3n) is 5.57. The number of hydrogen-bond acceptors (Lipinski definition) is 5. The maximum absolute atomic E-state index is 13.0. The second kappa shape index (κ2) is 11.5. The summed E-state index contributed by atoms with van der Waals surface area (Å²) in [6.45, 7) is 0.959. The van der Waals surface area contributed by atoms with E-state index in [2.05, 4.69) is 10.6 Å². The molecule has 8 nitrogen and oxygen atoms in total. The fourth-order valence-corrected chi connectivity index (χ4v) is 3.82. The first-order valence-corrected chi connectivity index (χ1v) is 10.9. The lowest BCUT2D eigenvalue weighted by Crippen LogP contribution is -2.40. The van der Waals surface area contributed by atoms with Crippen molar-refractivity contribution >= 4 is 11.8 Å². The maximum atomic E-state index is 13.0. The van der Waals surface area contributed by atoms with E-state index in [9.17, 15) is 14.4 Å². The first-order chi connectivity index (χ1) is 15.1. The van der Waals surface area contributed by atoms with Crippen LogP contribution >= 0.6 is 0 Å². The number of hydrogen-bond donors (Lipinski definition) is 2. The molecule has 0 bridgehead atoms. The Morgan fingerprint density at radius 2 is 1.77 bits per heavy atom. The van der Waals surface area contributed by atoms with Crippen LogP contribution in [0.2, 0.25) is 0 Å². The fraction of sp³-hybridized carbons (Fsp3) is 0.522. The number of aromatic nitrogens is 1. The summed E-state index contributed by atoms with van der Waals surface area (Å²) in [7, 11) is 1.57. The van der Waals surface area contributed by atoms with E-state index in [1.165, 1.54) is 37.9 Å². The van der Waals surface area contributed by atoms with E-state index in [0.29, 0.717) is 18.9 Å². The molecule has 0 unspecified atom stereocenters. The predicted octanol–water partition coefficient (Wildman–Crippen LogP) is 2.86. The fourth-order valence-electron chi connectivity index (χ4n) is 3.82. The van der Waals surface area contributed by atoms with E-state index < -0.39 is 17.2 Å². The molecular weight excluding hydrogens is 398 g/mol. The molecular formula is C23H31N3O5. The van der Waals surface area contributed by atoms with E-state index in [1.807, 2.05) is 0 Å². The van der Waals surface area contributed by atoms with Crippen molar-refractivity contribution < 1.29 is 18.7 Å². The second-order valence-electron chi connectivity index (χ2n) is 7.92. The third kappa shape index (κ3) is 6.55. The number of pyridine rings is 1. The Bertz CT molecular complexity index is 912. The summed E-state index contributed by atoms with van der Waals surface area (Å²) in [5, 5.41) is 5.70. The molecule has 2 N–H and O–H groups in total. The molecule has 1 fully saturated rings. The molecule has 0 aromatic carbocycles. The Hall–Kier alpha value is -2.87. The molecule has 3 rings (SSSR count). The molecule has 0 radical (unpaired) electrons. The van der Waals surface area contributed by atoms with Crippen LogP contribution in [0.1, 0.15) is 71.4 Å². The van der Waals surface area contributed by atoms with Gasteiger partial charge in [0.15, 0.2) is 0 Å². The maximum Gasteiger partial charge on any atom is 0.257 e. The predicted molar refractivity (Wildman–Crippen MR) is 116 cm³/mol. The number of carbonyl (C=O) groups excluding carboxylic acids is 2. The van der Waals surface area contributed by atoms with Gasteiger partial charge in [-0.2, -0.15) is 0 Å². The summed E-state index contributed by atoms with van der Waals surface area (Å²) < 4.78 is 12.0. The van der Waals surface area contributed by atoms with Crippen molar-refractivity contribution in [3.8, 4) is 0 Å². The van der Waals surface area contributed by atoms with Crippen LogP contribution in [-0.2, 0) is 17.8 Å². The Morgan fingerprint density at radius 3 is 2.42 bits per heavy atom. The van der Waals surface area contributed by atoms with Crippen LogP contribution in [0, 0.1) is 0 Å². The number of nitrogens with one attached hydrogen (secondary N) is 2. The summed E-state index contributed by atoms with van der Waals surface area (Å²) in [6.07, 6.45) is 12.0. The molecule has 2 heterocycles. The van der Waals surface area contributed by atoms with Crippen molar-refractivity contribution in [2.45, 2.75) is 64.1 Å². The average molecular weight is 430 g/mol. The molecule has 168 valence electrons. The highest BCUT2D eigenvalue weighted by Crippen LogP contribution is 2.17. The molecule has 2 aromatic rings. The minimum Gasteiger partial charge on any atom is -0.467 e. The molecule has 2 amide bonds. The van der Waals surface area contributed by atoms with Gasteiger partial charge in [0.2, 0.25) is 5.43 Å². The van der Waals surface area contributed by atoms with E-state index >= 15 is 0 Å². The van der Waals surface area contributed by atoms with Gasteiger partial charge < -0.3 is 24.4 Å².